The molecule has 0 bridgehead atoms. The summed E-state index contributed by atoms with van der Waals surface area (Å²) >= 11 is 1.59. The second-order valence-electron chi connectivity index (χ2n) is 12.3. The Morgan fingerprint density at radius 2 is 1.91 bits per heavy atom. The normalized spacial score (nSPS) is 16.8. The maximum atomic E-state index is 15.0. The van der Waals surface area contributed by atoms with Gasteiger partial charge in [-0.2, -0.15) is 0 Å². The molecule has 244 valence electrons. The van der Waals surface area contributed by atoms with Gasteiger partial charge in [-0.15, -0.1) is 11.3 Å². The fraction of sp³-hybridized carbons (Fsp3) is 0.455. The van der Waals surface area contributed by atoms with Crippen molar-refractivity contribution in [3.05, 3.63) is 69.2 Å². The topological polar surface area (TPSA) is 127 Å². The van der Waals surface area contributed by atoms with E-state index in [0.29, 0.717) is 11.5 Å². The van der Waals surface area contributed by atoms with E-state index in [4.69, 9.17) is 14.5 Å². The lowest BCUT2D eigenvalue weighted by Crippen LogP contribution is -2.39. The number of nitrogens with zero attached hydrogens (tertiary/aromatic N) is 5. The molecule has 0 saturated carbocycles. The lowest BCUT2D eigenvalue weighted by Gasteiger charge is -2.31. The summed E-state index contributed by atoms with van der Waals surface area (Å²) in [4.78, 5) is 54.1. The van der Waals surface area contributed by atoms with Crippen LogP contribution in [0.25, 0.3) is 6.08 Å². The molecule has 5 rings (SSSR count). The molecule has 1 N–H and O–H groups in total. The van der Waals surface area contributed by atoms with Gasteiger partial charge in [0.1, 0.15) is 12.2 Å². The van der Waals surface area contributed by atoms with Gasteiger partial charge in [0.15, 0.2) is 11.6 Å². The average molecular weight is 651 g/mol. The Labute approximate surface area is 271 Å². The van der Waals surface area contributed by atoms with Crippen LogP contribution >= 0.6 is 11.3 Å². The summed E-state index contributed by atoms with van der Waals surface area (Å²) < 4.78 is 25.9. The number of benzene rings is 1. The molecule has 0 radical (unpaired) electrons. The molecule has 46 heavy (non-hydrogen) atoms. The van der Waals surface area contributed by atoms with Crippen LogP contribution in [0.1, 0.15) is 74.7 Å². The fourth-order valence-corrected chi connectivity index (χ4v) is 6.19. The van der Waals surface area contributed by atoms with Crippen LogP contribution < -0.4 is 15.0 Å². The number of carbonyl (C=O) groups excluding carboxylic acids is 3. The van der Waals surface area contributed by atoms with Gasteiger partial charge in [-0.3, -0.25) is 14.5 Å². The molecule has 0 aliphatic carbocycles. The number of hydrogen-bond donors (Lipinski definition) is 1. The summed E-state index contributed by atoms with van der Waals surface area (Å²) in [6.07, 6.45) is 7.36. The number of rotatable bonds is 10. The predicted octanol–water partition coefficient (Wildman–Crippen LogP) is 5.26. The zero-order valence-electron chi connectivity index (χ0n) is 26.5. The Morgan fingerprint density at radius 1 is 1.17 bits per heavy atom. The number of aryl methyl sites for hydroxylation is 1. The Kier molecular flexibility index (Phi) is 10.3. The van der Waals surface area contributed by atoms with Gasteiger partial charge in [-0.25, -0.2) is 24.1 Å². The van der Waals surface area contributed by atoms with Crippen LogP contribution in [-0.4, -0.2) is 69.5 Å². The molecule has 4 heterocycles. The van der Waals surface area contributed by atoms with E-state index in [-0.39, 0.29) is 43.3 Å². The first-order chi connectivity index (χ1) is 22.0. The number of imide groups is 1. The number of amides is 3. The maximum absolute atomic E-state index is 15.0. The monoisotopic (exact) mass is 650 g/mol. The van der Waals surface area contributed by atoms with Crippen molar-refractivity contribution in [2.75, 3.05) is 31.1 Å². The van der Waals surface area contributed by atoms with Crippen molar-refractivity contribution in [3.63, 3.8) is 0 Å². The van der Waals surface area contributed by atoms with E-state index < -0.39 is 23.4 Å². The van der Waals surface area contributed by atoms with Crippen molar-refractivity contribution in [3.8, 4) is 5.75 Å². The molecule has 2 aromatic heterocycles. The molecule has 0 atom stereocenters. The van der Waals surface area contributed by atoms with E-state index in [0.717, 1.165) is 59.5 Å². The molecule has 13 heteroatoms. The minimum Gasteiger partial charge on any atom is -0.484 e. The standard InChI is InChI=1S/C33H39FN6O5S/c1-5-21-17-36-31(37-18-21)39-11-8-23(9-12-39)29-38-25(20-46-29)19-44-27-7-6-22(15-26(27)34)14-24-16-28(41)40(30(24)42)13-10-35-32(43)45-33(2,3)4/h6-7,14-15,17-18,20,23H,5,8-13,16,19H2,1-4H3,(H,35,43)/b24-14+. The number of ether oxygens (including phenoxy) is 2. The van der Waals surface area contributed by atoms with Crippen molar-refractivity contribution in [1.29, 1.82) is 0 Å². The van der Waals surface area contributed by atoms with Crippen LogP contribution in [0.5, 0.6) is 5.75 Å². The zero-order valence-corrected chi connectivity index (χ0v) is 27.4. The smallest absolute Gasteiger partial charge is 0.407 e. The number of aromatic nitrogens is 3. The first-order valence-corrected chi connectivity index (χ1v) is 16.3. The molecule has 0 spiro atoms. The predicted molar refractivity (Wildman–Crippen MR) is 172 cm³/mol. The molecule has 0 unspecified atom stereocenters. The minimum absolute atomic E-state index is 0.00930. The Balaban J connectivity index is 1.10. The fourth-order valence-electron chi connectivity index (χ4n) is 5.22. The molecule has 2 fully saturated rings. The van der Waals surface area contributed by atoms with E-state index in [2.05, 4.69) is 27.1 Å². The second-order valence-corrected chi connectivity index (χ2v) is 13.2. The molecule has 2 aliphatic heterocycles. The molecule has 3 aromatic rings. The largest absolute Gasteiger partial charge is 0.484 e. The summed E-state index contributed by atoms with van der Waals surface area (Å²) in [7, 11) is 0. The number of hydrogen-bond acceptors (Lipinski definition) is 10. The van der Waals surface area contributed by atoms with Crippen molar-refractivity contribution in [2.45, 2.75) is 71.5 Å². The number of halogens is 1. The molecular weight excluding hydrogens is 611 g/mol. The summed E-state index contributed by atoms with van der Waals surface area (Å²) in [5.74, 6) is -0.254. The van der Waals surface area contributed by atoms with E-state index >= 15 is 0 Å². The number of alkyl carbamates (subject to hydrolysis) is 1. The number of thiazole rings is 1. The Bertz CT molecular complexity index is 1590. The highest BCUT2D eigenvalue weighted by molar-refractivity contribution is 7.09. The van der Waals surface area contributed by atoms with Crippen molar-refractivity contribution >= 4 is 41.3 Å². The van der Waals surface area contributed by atoms with Crippen LogP contribution in [-0.2, 0) is 27.4 Å². The summed E-state index contributed by atoms with van der Waals surface area (Å²) in [5, 5.41) is 5.53. The van der Waals surface area contributed by atoms with Crippen molar-refractivity contribution in [2.24, 2.45) is 0 Å². The van der Waals surface area contributed by atoms with E-state index in [9.17, 15) is 18.8 Å². The molecule has 2 aliphatic rings. The number of nitrogens with one attached hydrogen (secondary N) is 1. The first-order valence-electron chi connectivity index (χ1n) is 15.4. The molecule has 2 saturated heterocycles. The van der Waals surface area contributed by atoms with Crippen LogP contribution in [0.4, 0.5) is 15.1 Å². The lowest BCUT2D eigenvalue weighted by molar-refractivity contribution is -0.137. The lowest BCUT2D eigenvalue weighted by atomic mass is 9.98. The third-order valence-corrected chi connectivity index (χ3v) is 8.69. The number of carbonyl (C=O) groups is 3. The number of likely N-dealkylation sites (tertiary alicyclic amines) is 1. The number of piperidine rings is 1. The van der Waals surface area contributed by atoms with Gasteiger partial charge in [-0.05, 0) is 69.4 Å². The van der Waals surface area contributed by atoms with Gasteiger partial charge < -0.3 is 19.7 Å². The van der Waals surface area contributed by atoms with Crippen molar-refractivity contribution < 1.29 is 28.2 Å². The summed E-state index contributed by atoms with van der Waals surface area (Å²) in [5.41, 5.74) is 1.89. The first kappa shape index (κ1) is 33.0. The van der Waals surface area contributed by atoms with E-state index in [1.165, 1.54) is 18.2 Å². The van der Waals surface area contributed by atoms with Gasteiger partial charge >= 0.3 is 6.09 Å². The van der Waals surface area contributed by atoms with Crippen molar-refractivity contribution in [1.82, 2.24) is 25.2 Å². The van der Waals surface area contributed by atoms with Gasteiger partial charge in [0.2, 0.25) is 11.9 Å². The van der Waals surface area contributed by atoms with Crippen LogP contribution in [0.15, 0.2) is 41.5 Å². The van der Waals surface area contributed by atoms with Gasteiger partial charge in [0.25, 0.3) is 5.91 Å². The third kappa shape index (κ3) is 8.45. The summed E-state index contributed by atoms with van der Waals surface area (Å²) in [6, 6.07) is 4.41. The zero-order chi connectivity index (χ0) is 32.8. The highest BCUT2D eigenvalue weighted by Gasteiger charge is 2.33. The van der Waals surface area contributed by atoms with E-state index in [1.807, 2.05) is 17.8 Å². The molecular formula is C33H39FN6O5S. The van der Waals surface area contributed by atoms with Crippen LogP contribution in [0.3, 0.4) is 0 Å². The quantitative estimate of drug-likeness (QED) is 0.231. The van der Waals surface area contributed by atoms with E-state index in [1.54, 1.807) is 38.2 Å². The van der Waals surface area contributed by atoms with Gasteiger partial charge in [-0.1, -0.05) is 13.0 Å². The average Bonchev–Trinajstić information content (AvgIpc) is 3.60. The second kappa shape index (κ2) is 14.4. The SMILES string of the molecule is CCc1cnc(N2CCC(c3nc(COc4ccc(/C=C5\CC(=O)N(CCNC(=O)OC(C)(C)C)C5=O)cc4F)cs3)CC2)nc1. The van der Waals surface area contributed by atoms with Crippen LogP contribution in [0.2, 0.25) is 0 Å². The Morgan fingerprint density at radius 3 is 2.59 bits per heavy atom. The highest BCUT2D eigenvalue weighted by atomic mass is 32.1. The van der Waals surface area contributed by atoms with Gasteiger partial charge in [0, 0.05) is 55.4 Å². The molecule has 1 aromatic carbocycles. The van der Waals surface area contributed by atoms with Gasteiger partial charge in [0.05, 0.1) is 17.1 Å². The molecule has 3 amide bonds. The van der Waals surface area contributed by atoms with Crippen LogP contribution in [0, 0.1) is 5.82 Å². The number of anilines is 1. The Hall–Kier alpha value is -4.39. The maximum Gasteiger partial charge on any atom is 0.407 e. The minimum atomic E-state index is -0.656. The highest BCUT2D eigenvalue weighted by Crippen LogP contribution is 2.32. The third-order valence-electron chi connectivity index (χ3n) is 7.64. The molecule has 11 nitrogen and oxygen atoms in total. The summed E-state index contributed by atoms with van der Waals surface area (Å²) in [6.45, 7) is 9.22.